The molecule has 0 radical (unpaired) electrons. The van der Waals surface area contributed by atoms with E-state index in [4.69, 9.17) is 0 Å². The summed E-state index contributed by atoms with van der Waals surface area (Å²) in [6, 6.07) is 2.09. The normalized spacial score (nSPS) is 23.2. The maximum absolute atomic E-state index is 12.9. The molecule has 122 valence electrons. The van der Waals surface area contributed by atoms with Crippen LogP contribution >= 0.6 is 11.8 Å². The van der Waals surface area contributed by atoms with Crippen LogP contribution < -0.4 is 4.90 Å². The van der Waals surface area contributed by atoms with Gasteiger partial charge in [-0.15, -0.1) is 0 Å². The summed E-state index contributed by atoms with van der Waals surface area (Å²) in [5.41, 5.74) is 0.0615. The van der Waals surface area contributed by atoms with Gasteiger partial charge in [0.15, 0.2) is 0 Å². The minimum absolute atomic E-state index is 0.326. The molecule has 0 N–H and O–H groups in total. The van der Waals surface area contributed by atoms with Crippen molar-refractivity contribution in [2.24, 2.45) is 0 Å². The summed E-state index contributed by atoms with van der Waals surface area (Å²) in [5, 5.41) is 0. The highest BCUT2D eigenvalue weighted by atomic mass is 32.2. The lowest BCUT2D eigenvalue weighted by atomic mass is 10.1. The summed E-state index contributed by atoms with van der Waals surface area (Å²) in [4.78, 5) is 8.80. The maximum Gasteiger partial charge on any atom is 0.417 e. The second-order valence-electron chi connectivity index (χ2n) is 6.16. The maximum atomic E-state index is 12.9. The van der Waals surface area contributed by atoms with Gasteiger partial charge >= 0.3 is 6.18 Å². The highest BCUT2D eigenvalue weighted by Crippen LogP contribution is 2.36. The summed E-state index contributed by atoms with van der Waals surface area (Å²) in [6.45, 7) is 7.07. The lowest BCUT2D eigenvalue weighted by Gasteiger charge is -2.43. The van der Waals surface area contributed by atoms with Crippen molar-refractivity contribution in [3.8, 4) is 0 Å². The Morgan fingerprint density at radius 2 is 2.09 bits per heavy atom. The van der Waals surface area contributed by atoms with Crippen LogP contribution in [0.25, 0.3) is 0 Å². The molecule has 2 aliphatic heterocycles. The fourth-order valence-electron chi connectivity index (χ4n) is 3.10. The van der Waals surface area contributed by atoms with Crippen molar-refractivity contribution in [2.45, 2.75) is 37.9 Å². The van der Waals surface area contributed by atoms with Crippen molar-refractivity contribution >= 4 is 17.6 Å². The Balaban J connectivity index is 1.89. The molecule has 0 spiro atoms. The number of nitrogens with zero attached hydrogens (tertiary/aromatic N) is 3. The van der Waals surface area contributed by atoms with Gasteiger partial charge in [-0.1, -0.05) is 0 Å². The SMILES string of the molecule is CC(C)N1CCN2c3ncc(C(F)(F)F)cc3CSC[C@@H]2C1. The predicted molar refractivity (Wildman–Crippen MR) is 83.2 cm³/mol. The number of piperazine rings is 1. The lowest BCUT2D eigenvalue weighted by molar-refractivity contribution is -0.137. The van der Waals surface area contributed by atoms with Crippen LogP contribution in [0, 0.1) is 0 Å². The number of pyridine rings is 1. The molecule has 7 heteroatoms. The average molecular weight is 331 g/mol. The van der Waals surface area contributed by atoms with Crippen molar-refractivity contribution in [3.63, 3.8) is 0 Å². The van der Waals surface area contributed by atoms with Gasteiger partial charge in [-0.2, -0.15) is 24.9 Å². The molecular weight excluding hydrogens is 311 g/mol. The van der Waals surface area contributed by atoms with Crippen LogP contribution in [0.3, 0.4) is 0 Å². The molecule has 1 saturated heterocycles. The number of fused-ring (bicyclic) bond motifs is 3. The Bertz CT molecular complexity index is 547. The predicted octanol–water partition coefficient (Wildman–Crippen LogP) is 3.25. The smallest absolute Gasteiger partial charge is 0.350 e. The first kappa shape index (κ1) is 15.9. The van der Waals surface area contributed by atoms with E-state index < -0.39 is 11.7 Å². The fourth-order valence-corrected chi connectivity index (χ4v) is 4.21. The number of hydrogen-bond donors (Lipinski definition) is 0. The van der Waals surface area contributed by atoms with E-state index in [0.29, 0.717) is 23.4 Å². The molecule has 0 unspecified atom stereocenters. The van der Waals surface area contributed by atoms with Crippen molar-refractivity contribution in [3.05, 3.63) is 23.4 Å². The molecule has 1 atom stereocenters. The molecule has 0 aromatic carbocycles. The van der Waals surface area contributed by atoms with Crippen molar-refractivity contribution in [1.29, 1.82) is 0 Å². The summed E-state index contributed by atoms with van der Waals surface area (Å²) < 4.78 is 38.6. The highest BCUT2D eigenvalue weighted by Gasteiger charge is 2.35. The zero-order valence-corrected chi connectivity index (χ0v) is 13.5. The molecule has 22 heavy (non-hydrogen) atoms. The molecule has 3 heterocycles. The van der Waals surface area contributed by atoms with Crippen molar-refractivity contribution in [2.75, 3.05) is 30.3 Å². The molecule has 1 aromatic rings. The summed E-state index contributed by atoms with van der Waals surface area (Å²) >= 11 is 1.70. The Hall–Kier alpha value is -0.950. The molecule has 0 bridgehead atoms. The number of alkyl halides is 3. The van der Waals surface area contributed by atoms with Gasteiger partial charge in [-0.3, -0.25) is 4.90 Å². The third-order valence-corrected chi connectivity index (χ3v) is 5.49. The molecule has 0 aliphatic carbocycles. The number of halogens is 3. The first-order valence-electron chi connectivity index (χ1n) is 7.51. The van der Waals surface area contributed by atoms with Crippen LogP contribution in [0.2, 0.25) is 0 Å². The zero-order chi connectivity index (χ0) is 15.9. The van der Waals surface area contributed by atoms with Gasteiger partial charge in [0, 0.05) is 48.9 Å². The molecule has 1 aromatic heterocycles. The molecular formula is C15H20F3N3S. The third-order valence-electron chi connectivity index (χ3n) is 4.35. The Kier molecular flexibility index (Phi) is 4.29. The van der Waals surface area contributed by atoms with Crippen LogP contribution in [-0.4, -0.2) is 47.4 Å². The van der Waals surface area contributed by atoms with Crippen LogP contribution in [0.4, 0.5) is 19.0 Å². The second kappa shape index (κ2) is 5.92. The van der Waals surface area contributed by atoms with Gasteiger partial charge in [0.25, 0.3) is 0 Å². The molecule has 1 fully saturated rings. The first-order valence-corrected chi connectivity index (χ1v) is 8.66. The van der Waals surface area contributed by atoms with Crippen LogP contribution in [0.1, 0.15) is 25.0 Å². The van der Waals surface area contributed by atoms with Crippen molar-refractivity contribution in [1.82, 2.24) is 9.88 Å². The van der Waals surface area contributed by atoms with Crippen LogP contribution in [0.15, 0.2) is 12.3 Å². The number of anilines is 1. The zero-order valence-electron chi connectivity index (χ0n) is 12.7. The quantitative estimate of drug-likeness (QED) is 0.786. The van der Waals surface area contributed by atoms with Gasteiger partial charge in [0.05, 0.1) is 11.6 Å². The number of thioether (sulfide) groups is 1. The number of aromatic nitrogens is 1. The standard InChI is InChI=1S/C15H20F3N3S/c1-10(2)20-3-4-21-13(7-20)9-22-8-11-5-12(15(16,17)18)6-19-14(11)21/h5-6,10,13H,3-4,7-9H2,1-2H3/t13-/m0/s1. The number of rotatable bonds is 1. The van der Waals surface area contributed by atoms with Gasteiger partial charge in [-0.25, -0.2) is 4.98 Å². The largest absolute Gasteiger partial charge is 0.417 e. The monoisotopic (exact) mass is 331 g/mol. The Morgan fingerprint density at radius 3 is 2.77 bits per heavy atom. The summed E-state index contributed by atoms with van der Waals surface area (Å²) in [6.07, 6.45) is -3.35. The number of hydrogen-bond acceptors (Lipinski definition) is 4. The van der Waals surface area contributed by atoms with E-state index in [-0.39, 0.29) is 0 Å². The Morgan fingerprint density at radius 1 is 1.32 bits per heavy atom. The Labute approximate surface area is 132 Å². The van der Waals surface area contributed by atoms with Crippen LogP contribution in [-0.2, 0) is 11.9 Å². The van der Waals surface area contributed by atoms with Gasteiger partial charge in [-0.05, 0) is 19.9 Å². The van der Waals surface area contributed by atoms with Gasteiger partial charge in [0.1, 0.15) is 5.82 Å². The topological polar surface area (TPSA) is 19.4 Å². The van der Waals surface area contributed by atoms with E-state index in [1.165, 1.54) is 6.07 Å². The van der Waals surface area contributed by atoms with E-state index in [1.54, 1.807) is 11.8 Å². The second-order valence-corrected chi connectivity index (χ2v) is 7.19. The lowest BCUT2D eigenvalue weighted by Crippen LogP contribution is -2.56. The van der Waals surface area contributed by atoms with E-state index >= 15 is 0 Å². The minimum atomic E-state index is -4.32. The summed E-state index contributed by atoms with van der Waals surface area (Å²) in [5.74, 6) is 2.27. The molecule has 0 amide bonds. The molecule has 3 nitrogen and oxygen atoms in total. The third kappa shape index (κ3) is 3.06. The highest BCUT2D eigenvalue weighted by molar-refractivity contribution is 7.98. The van der Waals surface area contributed by atoms with E-state index in [0.717, 1.165) is 37.4 Å². The molecule has 3 rings (SSSR count). The molecule has 2 aliphatic rings. The summed E-state index contributed by atoms with van der Waals surface area (Å²) in [7, 11) is 0. The van der Waals surface area contributed by atoms with Crippen molar-refractivity contribution < 1.29 is 13.2 Å². The first-order chi connectivity index (χ1) is 10.4. The minimum Gasteiger partial charge on any atom is -0.350 e. The van der Waals surface area contributed by atoms with Gasteiger partial charge in [0.2, 0.25) is 0 Å². The fraction of sp³-hybridized carbons (Fsp3) is 0.667. The average Bonchev–Trinajstić information content (AvgIpc) is 2.64. The molecule has 0 saturated carbocycles. The van der Waals surface area contributed by atoms with Crippen LogP contribution in [0.5, 0.6) is 0 Å². The van der Waals surface area contributed by atoms with E-state index in [2.05, 4.69) is 28.6 Å². The van der Waals surface area contributed by atoms with E-state index in [9.17, 15) is 13.2 Å². The van der Waals surface area contributed by atoms with Gasteiger partial charge < -0.3 is 4.90 Å². The van der Waals surface area contributed by atoms with E-state index in [1.807, 2.05) is 0 Å².